The number of rotatable bonds is 0. The molecule has 1 aromatic rings. The fourth-order valence-corrected chi connectivity index (χ4v) is 0.554. The molecular formula is C6H13N5O4. The number of nitrogens with zero attached hydrogens (tertiary/aromatic N) is 2. The summed E-state index contributed by atoms with van der Waals surface area (Å²) in [7, 11) is 0. The van der Waals surface area contributed by atoms with E-state index >= 15 is 0 Å². The van der Waals surface area contributed by atoms with Crippen LogP contribution in [0.1, 0.15) is 11.4 Å². The summed E-state index contributed by atoms with van der Waals surface area (Å²) < 4.78 is 0. The van der Waals surface area contributed by atoms with Gasteiger partial charge in [-0.2, -0.15) is 5.10 Å². The average Bonchev–Trinajstić information content (AvgIpc) is 2.31. The van der Waals surface area contributed by atoms with Crippen molar-refractivity contribution in [2.45, 2.75) is 13.8 Å². The Bertz CT molecular complexity index is 274. The lowest BCUT2D eigenvalue weighted by molar-refractivity contribution is -0.742. The van der Waals surface area contributed by atoms with Gasteiger partial charge in [-0.05, 0) is 19.9 Å². The summed E-state index contributed by atoms with van der Waals surface area (Å²) in [5, 5.41) is 20.3. The molecule has 0 aliphatic heterocycles. The molecule has 0 unspecified atom stereocenters. The minimum absolute atomic E-state index is 0.833. The van der Waals surface area contributed by atoms with Crippen molar-refractivity contribution in [1.82, 2.24) is 10.2 Å². The summed E-state index contributed by atoms with van der Waals surface area (Å²) >= 11 is 0. The van der Waals surface area contributed by atoms with Gasteiger partial charge in [-0.3, -0.25) is 5.10 Å². The van der Waals surface area contributed by atoms with Crippen LogP contribution in [0.3, 0.4) is 0 Å². The standard InChI is InChI=1S/C5H8N2.CH4N2O.HNO3/c1-4-3-5(2)7-6-4;2*2-1(3)4/h3H,1-2H3,(H,6,7);(H4,2,3,4);(H,2,3,4). The van der Waals surface area contributed by atoms with Crippen molar-refractivity contribution < 1.29 is 15.1 Å². The minimum atomic E-state index is -1.50. The number of urea groups is 1. The van der Waals surface area contributed by atoms with E-state index in [0.29, 0.717) is 0 Å². The number of carbonyl (C=O) groups excluding carboxylic acids is 1. The van der Waals surface area contributed by atoms with Gasteiger partial charge in [-0.15, -0.1) is 10.1 Å². The van der Waals surface area contributed by atoms with E-state index in [1.54, 1.807) is 0 Å². The van der Waals surface area contributed by atoms with Crippen LogP contribution >= 0.6 is 0 Å². The Morgan fingerprint density at radius 3 is 2.00 bits per heavy atom. The molecule has 1 aromatic heterocycles. The maximum absolute atomic E-state index is 9.00. The number of aryl methyl sites for hydroxylation is 2. The van der Waals surface area contributed by atoms with Crippen LogP contribution in [0, 0.1) is 24.0 Å². The molecule has 0 radical (unpaired) electrons. The van der Waals surface area contributed by atoms with Gasteiger partial charge in [0.15, 0.2) is 0 Å². The van der Waals surface area contributed by atoms with Gasteiger partial charge >= 0.3 is 6.03 Å². The van der Waals surface area contributed by atoms with Gasteiger partial charge in [0.05, 0.1) is 5.69 Å². The van der Waals surface area contributed by atoms with E-state index in [1.807, 2.05) is 19.9 Å². The van der Waals surface area contributed by atoms with Crippen LogP contribution in [0.5, 0.6) is 0 Å². The molecule has 6 N–H and O–H groups in total. The van der Waals surface area contributed by atoms with Gasteiger partial charge in [0.25, 0.3) is 5.09 Å². The van der Waals surface area contributed by atoms with Crippen molar-refractivity contribution >= 4 is 6.03 Å². The van der Waals surface area contributed by atoms with Crippen LogP contribution in [0.15, 0.2) is 6.07 Å². The molecule has 86 valence electrons. The van der Waals surface area contributed by atoms with Gasteiger partial charge in [-0.25, -0.2) is 4.79 Å². The number of nitrogens with one attached hydrogen (secondary N) is 1. The molecule has 0 atom stereocenters. The zero-order valence-corrected chi connectivity index (χ0v) is 8.30. The number of carbonyl (C=O) groups is 1. The predicted molar refractivity (Wildman–Crippen MR) is 50.6 cm³/mol. The quantitative estimate of drug-likeness (QED) is 0.347. The monoisotopic (exact) mass is 219 g/mol. The van der Waals surface area contributed by atoms with Gasteiger partial charge in [-0.1, -0.05) is 0 Å². The number of hydrogen-bond donors (Lipinski definition) is 4. The molecule has 9 nitrogen and oxygen atoms in total. The van der Waals surface area contributed by atoms with Gasteiger partial charge in [0.2, 0.25) is 0 Å². The zero-order valence-electron chi connectivity index (χ0n) is 8.30. The predicted octanol–water partition coefficient (Wildman–Crippen LogP) is -0.297. The second-order valence-corrected chi connectivity index (χ2v) is 2.33. The highest BCUT2D eigenvalue weighted by molar-refractivity contribution is 5.69. The van der Waals surface area contributed by atoms with Crippen molar-refractivity contribution in [1.29, 1.82) is 0 Å². The fourth-order valence-electron chi connectivity index (χ4n) is 0.554. The molecule has 0 spiro atoms. The number of hydrogen-bond acceptors (Lipinski definition) is 4. The molecule has 1 heterocycles. The van der Waals surface area contributed by atoms with E-state index in [-0.39, 0.29) is 0 Å². The van der Waals surface area contributed by atoms with Crippen molar-refractivity contribution in [3.05, 3.63) is 27.6 Å². The van der Waals surface area contributed by atoms with E-state index in [1.165, 1.54) is 0 Å². The first-order valence-corrected chi connectivity index (χ1v) is 3.62. The normalized spacial score (nSPS) is 7.60. The smallest absolute Gasteiger partial charge is 0.309 e. The summed E-state index contributed by atoms with van der Waals surface area (Å²) in [6.07, 6.45) is 0. The highest BCUT2D eigenvalue weighted by Gasteiger charge is 1.84. The van der Waals surface area contributed by atoms with Crippen LogP contribution in [-0.2, 0) is 0 Å². The Morgan fingerprint density at radius 2 is 1.93 bits per heavy atom. The average molecular weight is 219 g/mol. The summed E-state index contributed by atoms with van der Waals surface area (Å²) in [4.78, 5) is 17.4. The zero-order chi connectivity index (χ0) is 12.4. The molecule has 0 aromatic carbocycles. The van der Waals surface area contributed by atoms with Crippen LogP contribution in [-0.4, -0.2) is 26.5 Å². The molecule has 9 heteroatoms. The number of aromatic amines is 1. The lowest BCUT2D eigenvalue weighted by Gasteiger charge is -1.68. The Balaban J connectivity index is 0. The third-order valence-corrected chi connectivity index (χ3v) is 0.834. The summed E-state index contributed by atoms with van der Waals surface area (Å²) in [6.45, 7) is 3.95. The Labute approximate surface area is 85.2 Å². The van der Waals surface area contributed by atoms with E-state index in [9.17, 15) is 0 Å². The second kappa shape index (κ2) is 8.29. The first-order chi connectivity index (χ1) is 6.75. The molecule has 0 aliphatic rings. The first kappa shape index (κ1) is 15.2. The third kappa shape index (κ3) is 24.5. The highest BCUT2D eigenvalue weighted by Crippen LogP contribution is 1.92. The van der Waals surface area contributed by atoms with E-state index in [4.69, 9.17) is 20.1 Å². The van der Waals surface area contributed by atoms with Crippen LogP contribution < -0.4 is 11.5 Å². The summed E-state index contributed by atoms with van der Waals surface area (Å²) in [5.74, 6) is 0. The van der Waals surface area contributed by atoms with Crippen LogP contribution in [0.2, 0.25) is 0 Å². The van der Waals surface area contributed by atoms with Crippen molar-refractivity contribution in [3.63, 3.8) is 0 Å². The number of aromatic nitrogens is 2. The van der Waals surface area contributed by atoms with Crippen molar-refractivity contribution in [2.75, 3.05) is 0 Å². The summed E-state index contributed by atoms with van der Waals surface area (Å²) in [6, 6.07) is 1.17. The molecule has 0 bridgehead atoms. The van der Waals surface area contributed by atoms with Crippen molar-refractivity contribution in [2.24, 2.45) is 11.5 Å². The highest BCUT2D eigenvalue weighted by atomic mass is 16.9. The summed E-state index contributed by atoms with van der Waals surface area (Å²) in [5.41, 5.74) is 10.7. The molecule has 2 amide bonds. The molecule has 0 saturated heterocycles. The van der Waals surface area contributed by atoms with Crippen molar-refractivity contribution in [3.8, 4) is 0 Å². The van der Waals surface area contributed by atoms with E-state index < -0.39 is 11.1 Å². The Morgan fingerprint density at radius 1 is 1.60 bits per heavy atom. The lowest BCUT2D eigenvalue weighted by Crippen LogP contribution is -2.18. The molecule has 15 heavy (non-hydrogen) atoms. The molecular weight excluding hydrogens is 206 g/mol. The fraction of sp³-hybridized carbons (Fsp3) is 0.333. The van der Waals surface area contributed by atoms with Gasteiger partial charge in [0.1, 0.15) is 0 Å². The SMILES string of the molecule is Cc1cc(C)[nH]n1.NC(N)=O.O=[N+]([O-])O. The van der Waals surface area contributed by atoms with Crippen LogP contribution in [0.25, 0.3) is 0 Å². The maximum atomic E-state index is 9.00. The Kier molecular flexibility index (Phi) is 8.38. The first-order valence-electron chi connectivity index (χ1n) is 3.62. The molecule has 0 aliphatic carbocycles. The molecule has 0 saturated carbocycles. The van der Waals surface area contributed by atoms with E-state index in [0.717, 1.165) is 11.4 Å². The maximum Gasteiger partial charge on any atom is 0.309 e. The minimum Gasteiger partial charge on any atom is -0.352 e. The number of H-pyrrole nitrogens is 1. The van der Waals surface area contributed by atoms with Gasteiger partial charge in [0, 0.05) is 5.69 Å². The molecule has 1 rings (SSSR count). The Hall–Kier alpha value is -2.32. The van der Waals surface area contributed by atoms with E-state index in [2.05, 4.69) is 21.7 Å². The topological polar surface area (TPSA) is 161 Å². The molecule has 0 fully saturated rings. The number of nitrogens with two attached hydrogens (primary N) is 2. The third-order valence-electron chi connectivity index (χ3n) is 0.834. The second-order valence-electron chi connectivity index (χ2n) is 2.33. The van der Waals surface area contributed by atoms with Crippen LogP contribution in [0.4, 0.5) is 4.79 Å². The van der Waals surface area contributed by atoms with Gasteiger partial charge < -0.3 is 16.7 Å². The number of primary amides is 2. The largest absolute Gasteiger partial charge is 0.352 e. The number of amides is 2. The lowest BCUT2D eigenvalue weighted by atomic mass is 10.4.